The minimum absolute atomic E-state index is 0.0415. The van der Waals surface area contributed by atoms with Gasteiger partial charge in [0.05, 0.1) is 6.61 Å². The average Bonchev–Trinajstić information content (AvgIpc) is 3.39. The third kappa shape index (κ3) is 4.98. The third-order valence-electron chi connectivity index (χ3n) is 4.14. The molecule has 0 spiro atoms. The van der Waals surface area contributed by atoms with E-state index in [1.165, 1.54) is 0 Å². The fraction of sp³-hybridized carbons (Fsp3) is 0.400. The van der Waals surface area contributed by atoms with Crippen LogP contribution in [0.15, 0.2) is 54.6 Å². The van der Waals surface area contributed by atoms with Gasteiger partial charge in [0.2, 0.25) is 0 Å². The van der Waals surface area contributed by atoms with Gasteiger partial charge in [-0.25, -0.2) is 0 Å². The van der Waals surface area contributed by atoms with Crippen LogP contribution in [0.1, 0.15) is 18.4 Å². The van der Waals surface area contributed by atoms with Crippen LogP contribution >= 0.6 is 0 Å². The minimum Gasteiger partial charge on any atom is -0.489 e. The maximum absolute atomic E-state index is 6.15. The van der Waals surface area contributed by atoms with E-state index >= 15 is 0 Å². The summed E-state index contributed by atoms with van der Waals surface area (Å²) in [7, 11) is 1.71. The van der Waals surface area contributed by atoms with E-state index in [4.69, 9.17) is 14.2 Å². The standard InChI is InChI=1S/C20H25NO3/c1-22-14-13-21-16-20(11-12-20)24-19-9-7-18(8-10-19)23-15-17-5-3-2-4-6-17/h2-10,21H,11-16H2,1H3. The summed E-state index contributed by atoms with van der Waals surface area (Å²) in [4.78, 5) is 0. The molecule has 0 saturated heterocycles. The van der Waals surface area contributed by atoms with Crippen molar-refractivity contribution in [2.24, 2.45) is 0 Å². The molecule has 3 rings (SSSR count). The van der Waals surface area contributed by atoms with Crippen LogP contribution in [0, 0.1) is 0 Å². The van der Waals surface area contributed by atoms with E-state index < -0.39 is 0 Å². The van der Waals surface area contributed by atoms with E-state index in [9.17, 15) is 0 Å². The molecule has 0 aromatic heterocycles. The number of ether oxygens (including phenoxy) is 3. The Bertz CT molecular complexity index is 609. The monoisotopic (exact) mass is 327 g/mol. The van der Waals surface area contributed by atoms with E-state index in [0.29, 0.717) is 6.61 Å². The maximum Gasteiger partial charge on any atom is 0.122 e. The van der Waals surface area contributed by atoms with Crippen LogP contribution in [-0.2, 0) is 11.3 Å². The second-order valence-electron chi connectivity index (χ2n) is 6.20. The van der Waals surface area contributed by atoms with Crippen LogP contribution in [0.3, 0.4) is 0 Å². The zero-order valence-electron chi connectivity index (χ0n) is 14.2. The van der Waals surface area contributed by atoms with Crippen LogP contribution < -0.4 is 14.8 Å². The molecule has 1 aliphatic rings. The molecule has 0 bridgehead atoms. The van der Waals surface area contributed by atoms with Crippen molar-refractivity contribution in [2.45, 2.75) is 25.0 Å². The highest BCUT2D eigenvalue weighted by Gasteiger charge is 2.45. The molecule has 4 nitrogen and oxygen atoms in total. The molecule has 0 aliphatic heterocycles. The predicted octanol–water partition coefficient (Wildman–Crippen LogP) is 3.41. The highest BCUT2D eigenvalue weighted by atomic mass is 16.5. The van der Waals surface area contributed by atoms with Gasteiger partial charge in [-0.15, -0.1) is 0 Å². The first-order valence-electron chi connectivity index (χ1n) is 8.45. The van der Waals surface area contributed by atoms with Crippen molar-refractivity contribution in [1.82, 2.24) is 5.32 Å². The Balaban J connectivity index is 1.46. The van der Waals surface area contributed by atoms with Gasteiger partial charge >= 0.3 is 0 Å². The molecular formula is C20H25NO3. The molecule has 1 aliphatic carbocycles. The van der Waals surface area contributed by atoms with Gasteiger partial charge < -0.3 is 19.5 Å². The summed E-state index contributed by atoms with van der Waals surface area (Å²) in [5.41, 5.74) is 1.12. The number of benzene rings is 2. The summed E-state index contributed by atoms with van der Waals surface area (Å²) >= 11 is 0. The molecule has 2 aromatic rings. The predicted molar refractivity (Wildman–Crippen MR) is 94.6 cm³/mol. The Morgan fingerprint density at radius 3 is 2.33 bits per heavy atom. The van der Waals surface area contributed by atoms with Gasteiger partial charge in [-0.1, -0.05) is 30.3 Å². The highest BCUT2D eigenvalue weighted by Crippen LogP contribution is 2.40. The molecule has 0 atom stereocenters. The molecule has 2 aromatic carbocycles. The molecule has 0 heterocycles. The SMILES string of the molecule is COCCNCC1(Oc2ccc(OCc3ccccc3)cc2)CC1. The molecule has 1 N–H and O–H groups in total. The summed E-state index contributed by atoms with van der Waals surface area (Å²) in [6.45, 7) is 3.02. The van der Waals surface area contributed by atoms with Crippen molar-refractivity contribution >= 4 is 0 Å². The Hall–Kier alpha value is -2.04. The smallest absolute Gasteiger partial charge is 0.122 e. The lowest BCUT2D eigenvalue weighted by molar-refractivity contribution is 0.162. The molecule has 4 heteroatoms. The molecule has 0 amide bonds. The topological polar surface area (TPSA) is 39.7 Å². The zero-order valence-corrected chi connectivity index (χ0v) is 14.2. The Kier molecular flexibility index (Phi) is 5.72. The first-order valence-corrected chi connectivity index (χ1v) is 8.45. The lowest BCUT2D eigenvalue weighted by Gasteiger charge is -2.19. The van der Waals surface area contributed by atoms with Crippen molar-refractivity contribution < 1.29 is 14.2 Å². The van der Waals surface area contributed by atoms with Crippen molar-refractivity contribution in [3.63, 3.8) is 0 Å². The zero-order chi connectivity index (χ0) is 16.7. The van der Waals surface area contributed by atoms with E-state index in [2.05, 4.69) is 17.4 Å². The van der Waals surface area contributed by atoms with Gasteiger partial charge in [0, 0.05) is 20.2 Å². The Morgan fingerprint density at radius 1 is 0.958 bits per heavy atom. The van der Waals surface area contributed by atoms with Crippen LogP contribution in [-0.4, -0.2) is 32.4 Å². The Morgan fingerprint density at radius 2 is 1.67 bits per heavy atom. The highest BCUT2D eigenvalue weighted by molar-refractivity contribution is 5.32. The minimum atomic E-state index is -0.0415. The summed E-state index contributed by atoms with van der Waals surface area (Å²) in [5, 5.41) is 3.38. The van der Waals surface area contributed by atoms with Crippen molar-refractivity contribution in [3.8, 4) is 11.5 Å². The van der Waals surface area contributed by atoms with Crippen LogP contribution in [0.5, 0.6) is 11.5 Å². The fourth-order valence-electron chi connectivity index (χ4n) is 2.54. The maximum atomic E-state index is 6.15. The number of hydrogen-bond acceptors (Lipinski definition) is 4. The van der Waals surface area contributed by atoms with Gasteiger partial charge in [-0.05, 0) is 42.7 Å². The van der Waals surface area contributed by atoms with Gasteiger partial charge in [-0.2, -0.15) is 0 Å². The van der Waals surface area contributed by atoms with E-state index in [1.54, 1.807) is 7.11 Å². The van der Waals surface area contributed by atoms with Gasteiger partial charge in [0.1, 0.15) is 23.7 Å². The molecule has 0 unspecified atom stereocenters. The lowest BCUT2D eigenvalue weighted by Crippen LogP contribution is -2.34. The van der Waals surface area contributed by atoms with Crippen molar-refractivity contribution in [1.29, 1.82) is 0 Å². The van der Waals surface area contributed by atoms with Crippen LogP contribution in [0.25, 0.3) is 0 Å². The summed E-state index contributed by atoms with van der Waals surface area (Å²) in [6, 6.07) is 18.1. The molecule has 1 fully saturated rings. The largest absolute Gasteiger partial charge is 0.489 e. The second kappa shape index (κ2) is 8.18. The van der Waals surface area contributed by atoms with Gasteiger partial charge in [0.15, 0.2) is 0 Å². The number of hydrogen-bond donors (Lipinski definition) is 1. The van der Waals surface area contributed by atoms with E-state index in [1.807, 2.05) is 42.5 Å². The number of rotatable bonds is 10. The number of methoxy groups -OCH3 is 1. The Labute approximate surface area is 143 Å². The summed E-state index contributed by atoms with van der Waals surface area (Å²) < 4.78 is 17.0. The average molecular weight is 327 g/mol. The molecule has 24 heavy (non-hydrogen) atoms. The molecule has 128 valence electrons. The van der Waals surface area contributed by atoms with Crippen LogP contribution in [0.2, 0.25) is 0 Å². The van der Waals surface area contributed by atoms with Crippen molar-refractivity contribution in [3.05, 3.63) is 60.2 Å². The van der Waals surface area contributed by atoms with Gasteiger partial charge in [0.25, 0.3) is 0 Å². The van der Waals surface area contributed by atoms with E-state index in [-0.39, 0.29) is 5.60 Å². The molecule has 0 radical (unpaired) electrons. The first-order chi connectivity index (χ1) is 11.8. The number of nitrogens with one attached hydrogen (secondary N) is 1. The van der Waals surface area contributed by atoms with Gasteiger partial charge in [-0.3, -0.25) is 0 Å². The third-order valence-corrected chi connectivity index (χ3v) is 4.14. The lowest BCUT2D eigenvalue weighted by atomic mass is 10.2. The van der Waals surface area contributed by atoms with E-state index in [0.717, 1.165) is 49.6 Å². The fourth-order valence-corrected chi connectivity index (χ4v) is 2.54. The normalized spacial score (nSPS) is 15.0. The molecule has 1 saturated carbocycles. The quantitative estimate of drug-likeness (QED) is 0.679. The second-order valence-corrected chi connectivity index (χ2v) is 6.20. The first kappa shape index (κ1) is 16.8. The summed E-state index contributed by atoms with van der Waals surface area (Å²) in [5.74, 6) is 1.75. The summed E-state index contributed by atoms with van der Waals surface area (Å²) in [6.07, 6.45) is 2.19. The van der Waals surface area contributed by atoms with Crippen molar-refractivity contribution in [2.75, 3.05) is 26.8 Å². The molecular weight excluding hydrogens is 302 g/mol. The van der Waals surface area contributed by atoms with Crippen LogP contribution in [0.4, 0.5) is 0 Å².